The Bertz CT molecular complexity index is 841. The highest BCUT2D eigenvalue weighted by Gasteiger charge is 2.32. The summed E-state index contributed by atoms with van der Waals surface area (Å²) in [6.07, 6.45) is -3.43. The van der Waals surface area contributed by atoms with Crippen LogP contribution in [0.3, 0.4) is 0 Å². The number of aromatic carboxylic acids is 1. The van der Waals surface area contributed by atoms with Crippen LogP contribution in [0.5, 0.6) is 0 Å². The maximum absolute atomic E-state index is 13.0. The Morgan fingerprint density at radius 3 is 2.28 bits per heavy atom. The van der Waals surface area contributed by atoms with Crippen LogP contribution in [0.15, 0.2) is 54.1 Å². The van der Waals surface area contributed by atoms with Gasteiger partial charge in [0.25, 0.3) is 5.91 Å². The number of amides is 1. The second-order valence-electron chi connectivity index (χ2n) is 5.22. The SMILES string of the molecule is C/C(=C\c1ccccc1C(F)(F)F)C(=O)Nc1ccccc1C(=O)O. The molecule has 4 nitrogen and oxygen atoms in total. The predicted octanol–water partition coefficient (Wildman–Crippen LogP) is 4.45. The Morgan fingerprint density at radius 1 is 1.04 bits per heavy atom. The molecule has 0 unspecified atom stereocenters. The van der Waals surface area contributed by atoms with Gasteiger partial charge in [-0.25, -0.2) is 4.79 Å². The molecule has 0 aliphatic carbocycles. The predicted molar refractivity (Wildman–Crippen MR) is 87.1 cm³/mol. The highest BCUT2D eigenvalue weighted by Crippen LogP contribution is 2.32. The van der Waals surface area contributed by atoms with E-state index in [0.717, 1.165) is 12.1 Å². The smallest absolute Gasteiger partial charge is 0.416 e. The zero-order chi connectivity index (χ0) is 18.6. The summed E-state index contributed by atoms with van der Waals surface area (Å²) in [6, 6.07) is 10.6. The molecule has 0 radical (unpaired) electrons. The topological polar surface area (TPSA) is 66.4 Å². The van der Waals surface area contributed by atoms with E-state index in [2.05, 4.69) is 5.32 Å². The van der Waals surface area contributed by atoms with Crippen molar-refractivity contribution in [3.8, 4) is 0 Å². The Hall–Kier alpha value is -3.09. The number of nitrogens with one attached hydrogen (secondary N) is 1. The minimum absolute atomic E-state index is 0.0110. The van der Waals surface area contributed by atoms with Crippen LogP contribution in [0.4, 0.5) is 18.9 Å². The summed E-state index contributed by atoms with van der Waals surface area (Å²) >= 11 is 0. The molecule has 0 spiro atoms. The van der Waals surface area contributed by atoms with Gasteiger partial charge in [0.15, 0.2) is 0 Å². The van der Waals surface area contributed by atoms with E-state index in [0.29, 0.717) is 0 Å². The molecule has 25 heavy (non-hydrogen) atoms. The molecule has 0 bridgehead atoms. The van der Waals surface area contributed by atoms with Gasteiger partial charge >= 0.3 is 12.1 Å². The zero-order valence-corrected chi connectivity index (χ0v) is 13.1. The van der Waals surface area contributed by atoms with Gasteiger partial charge in [0.05, 0.1) is 16.8 Å². The standard InChI is InChI=1S/C18H14F3NO3/c1-11(10-12-6-2-4-8-14(12)18(19,20)21)16(23)22-15-9-5-3-7-13(15)17(24)25/h2-10H,1H3,(H,22,23)(H,24,25)/b11-10+. The average molecular weight is 349 g/mol. The van der Waals surface area contributed by atoms with Crippen molar-refractivity contribution in [1.29, 1.82) is 0 Å². The van der Waals surface area contributed by atoms with E-state index in [4.69, 9.17) is 5.11 Å². The van der Waals surface area contributed by atoms with Crippen molar-refractivity contribution >= 4 is 23.6 Å². The molecule has 130 valence electrons. The second kappa shape index (κ2) is 7.21. The molecule has 2 aromatic carbocycles. The summed E-state index contributed by atoms with van der Waals surface area (Å²) in [5.74, 6) is -1.91. The lowest BCUT2D eigenvalue weighted by Crippen LogP contribution is -2.15. The van der Waals surface area contributed by atoms with E-state index in [-0.39, 0.29) is 22.4 Å². The van der Waals surface area contributed by atoms with E-state index in [1.165, 1.54) is 43.3 Å². The van der Waals surface area contributed by atoms with Crippen molar-refractivity contribution in [2.45, 2.75) is 13.1 Å². The summed E-state index contributed by atoms with van der Waals surface area (Å²) in [5.41, 5.74) is -1.03. The number of hydrogen-bond acceptors (Lipinski definition) is 2. The molecule has 0 aliphatic heterocycles. The number of carbonyl (C=O) groups excluding carboxylic acids is 1. The zero-order valence-electron chi connectivity index (χ0n) is 13.1. The number of para-hydroxylation sites is 1. The molecule has 0 aromatic heterocycles. The Morgan fingerprint density at radius 2 is 1.64 bits per heavy atom. The van der Waals surface area contributed by atoms with Crippen LogP contribution in [0, 0.1) is 0 Å². The van der Waals surface area contributed by atoms with Crippen molar-refractivity contribution in [2.75, 3.05) is 5.32 Å². The van der Waals surface area contributed by atoms with Gasteiger partial charge in [-0.05, 0) is 36.8 Å². The van der Waals surface area contributed by atoms with Crippen molar-refractivity contribution < 1.29 is 27.9 Å². The number of anilines is 1. The van der Waals surface area contributed by atoms with E-state index in [1.807, 2.05) is 0 Å². The average Bonchev–Trinajstić information content (AvgIpc) is 2.54. The molecule has 0 saturated heterocycles. The van der Waals surface area contributed by atoms with Gasteiger partial charge in [-0.2, -0.15) is 13.2 Å². The van der Waals surface area contributed by atoms with Gasteiger partial charge in [-0.1, -0.05) is 30.3 Å². The van der Waals surface area contributed by atoms with E-state index >= 15 is 0 Å². The third-order valence-corrected chi connectivity index (χ3v) is 3.40. The lowest BCUT2D eigenvalue weighted by Gasteiger charge is -2.11. The van der Waals surface area contributed by atoms with Gasteiger partial charge in [0.2, 0.25) is 0 Å². The van der Waals surface area contributed by atoms with E-state index in [9.17, 15) is 22.8 Å². The second-order valence-corrected chi connectivity index (χ2v) is 5.22. The van der Waals surface area contributed by atoms with Crippen molar-refractivity contribution in [3.63, 3.8) is 0 Å². The van der Waals surface area contributed by atoms with Crippen molar-refractivity contribution in [1.82, 2.24) is 0 Å². The summed E-state index contributed by atoms with van der Waals surface area (Å²) < 4.78 is 39.0. The van der Waals surface area contributed by atoms with Crippen LogP contribution in [0.25, 0.3) is 6.08 Å². The molecule has 2 N–H and O–H groups in total. The van der Waals surface area contributed by atoms with Gasteiger partial charge in [-0.3, -0.25) is 4.79 Å². The minimum atomic E-state index is -4.54. The molecule has 1 amide bonds. The van der Waals surface area contributed by atoms with Crippen molar-refractivity contribution in [3.05, 3.63) is 70.8 Å². The van der Waals surface area contributed by atoms with Gasteiger partial charge in [0.1, 0.15) is 0 Å². The van der Waals surface area contributed by atoms with Crippen LogP contribution >= 0.6 is 0 Å². The summed E-state index contributed by atoms with van der Waals surface area (Å²) in [4.78, 5) is 23.3. The van der Waals surface area contributed by atoms with Crippen LogP contribution in [-0.4, -0.2) is 17.0 Å². The highest BCUT2D eigenvalue weighted by molar-refractivity contribution is 6.09. The first kappa shape index (κ1) is 18.3. The van der Waals surface area contributed by atoms with E-state index in [1.54, 1.807) is 6.07 Å². The van der Waals surface area contributed by atoms with E-state index < -0.39 is 23.6 Å². The molecule has 0 fully saturated rings. The highest BCUT2D eigenvalue weighted by atomic mass is 19.4. The molecular formula is C18H14F3NO3. The normalized spacial score (nSPS) is 11.9. The lowest BCUT2D eigenvalue weighted by atomic mass is 10.0. The minimum Gasteiger partial charge on any atom is -0.478 e. The molecular weight excluding hydrogens is 335 g/mol. The number of carbonyl (C=O) groups is 2. The Kier molecular flexibility index (Phi) is 5.26. The number of halogens is 3. The largest absolute Gasteiger partial charge is 0.478 e. The fourth-order valence-electron chi connectivity index (χ4n) is 2.18. The fourth-order valence-corrected chi connectivity index (χ4v) is 2.18. The number of alkyl halides is 3. The molecule has 0 saturated carbocycles. The third-order valence-electron chi connectivity index (χ3n) is 3.40. The first-order chi connectivity index (χ1) is 11.7. The quantitative estimate of drug-likeness (QED) is 0.802. The fraction of sp³-hybridized carbons (Fsp3) is 0.111. The number of rotatable bonds is 4. The number of hydrogen-bond donors (Lipinski definition) is 2. The summed E-state index contributed by atoms with van der Waals surface area (Å²) in [6.45, 7) is 1.35. The number of benzene rings is 2. The molecule has 2 aromatic rings. The van der Waals surface area contributed by atoms with Crippen molar-refractivity contribution in [2.24, 2.45) is 0 Å². The first-order valence-corrected chi connectivity index (χ1v) is 7.18. The molecule has 0 atom stereocenters. The van der Waals surface area contributed by atoms with Gasteiger partial charge in [0, 0.05) is 5.57 Å². The Labute approximate surface area is 141 Å². The number of carboxylic acid groups (broad SMARTS) is 1. The third kappa shape index (κ3) is 4.47. The molecule has 2 rings (SSSR count). The van der Waals surface area contributed by atoms with Crippen LogP contribution in [0.1, 0.15) is 28.4 Å². The maximum Gasteiger partial charge on any atom is 0.416 e. The first-order valence-electron chi connectivity index (χ1n) is 7.18. The van der Waals surface area contributed by atoms with Crippen LogP contribution < -0.4 is 5.32 Å². The van der Waals surface area contributed by atoms with Crippen LogP contribution in [-0.2, 0) is 11.0 Å². The molecule has 0 heterocycles. The molecule has 0 aliphatic rings. The Balaban J connectivity index is 2.30. The summed E-state index contributed by atoms with van der Waals surface area (Å²) in [5, 5.41) is 11.5. The maximum atomic E-state index is 13.0. The molecule has 7 heteroatoms. The van der Waals surface area contributed by atoms with Gasteiger partial charge < -0.3 is 10.4 Å². The van der Waals surface area contributed by atoms with Gasteiger partial charge in [-0.15, -0.1) is 0 Å². The lowest BCUT2D eigenvalue weighted by molar-refractivity contribution is -0.137. The summed E-state index contributed by atoms with van der Waals surface area (Å²) in [7, 11) is 0. The number of carboxylic acids is 1. The van der Waals surface area contributed by atoms with Crippen LogP contribution in [0.2, 0.25) is 0 Å². The monoisotopic (exact) mass is 349 g/mol.